The third-order valence-electron chi connectivity index (χ3n) is 5.74. The lowest BCUT2D eigenvalue weighted by Gasteiger charge is -2.08. The van der Waals surface area contributed by atoms with Gasteiger partial charge in [0.1, 0.15) is 17.5 Å². The molecule has 0 aliphatic heterocycles. The van der Waals surface area contributed by atoms with E-state index in [1.54, 1.807) is 0 Å². The maximum atomic E-state index is 6.24. The van der Waals surface area contributed by atoms with E-state index >= 15 is 0 Å². The van der Waals surface area contributed by atoms with Gasteiger partial charge in [-0.15, -0.1) is 0 Å². The minimum absolute atomic E-state index is 0.450. The van der Waals surface area contributed by atoms with Crippen molar-refractivity contribution in [2.24, 2.45) is 5.92 Å². The molecule has 2 aromatic carbocycles. The van der Waals surface area contributed by atoms with Crippen LogP contribution in [0.3, 0.4) is 0 Å². The van der Waals surface area contributed by atoms with Gasteiger partial charge in [-0.25, -0.2) is 4.98 Å². The third kappa shape index (κ3) is 4.22. The van der Waals surface area contributed by atoms with Gasteiger partial charge in [0.25, 0.3) is 5.82 Å². The lowest BCUT2D eigenvalue weighted by atomic mass is 10.1. The van der Waals surface area contributed by atoms with E-state index in [4.69, 9.17) is 14.5 Å². The number of benzene rings is 2. The van der Waals surface area contributed by atoms with Gasteiger partial charge >= 0.3 is 5.88 Å². The van der Waals surface area contributed by atoms with Gasteiger partial charge in [-0.3, -0.25) is 4.98 Å². The fraction of sp³-hybridized carbons (Fsp3) is 0.269. The monoisotopic (exact) mass is 412 g/mol. The molecule has 2 aromatic heterocycles. The molecule has 2 atom stereocenters. The van der Waals surface area contributed by atoms with E-state index < -0.39 is 0 Å². The van der Waals surface area contributed by atoms with E-state index in [0.29, 0.717) is 30.9 Å². The van der Waals surface area contributed by atoms with Gasteiger partial charge in [-0.05, 0) is 48.2 Å². The zero-order valence-corrected chi connectivity index (χ0v) is 17.8. The minimum Gasteiger partial charge on any atom is -0.494 e. The second kappa shape index (κ2) is 8.34. The highest BCUT2D eigenvalue weighted by Gasteiger charge is 2.40. The Kier molecular flexibility index (Phi) is 5.24. The van der Waals surface area contributed by atoms with Crippen molar-refractivity contribution in [3.8, 4) is 22.8 Å². The van der Waals surface area contributed by atoms with Gasteiger partial charge in [0.15, 0.2) is 0 Å². The van der Waals surface area contributed by atoms with Crippen molar-refractivity contribution in [1.29, 1.82) is 0 Å². The number of nitrogens with zero attached hydrogens (tertiary/aromatic N) is 2. The molecule has 0 saturated heterocycles. The van der Waals surface area contributed by atoms with Crippen molar-refractivity contribution in [2.45, 2.75) is 26.2 Å². The predicted octanol–water partition coefficient (Wildman–Crippen LogP) is 5.00. The van der Waals surface area contributed by atoms with Crippen LogP contribution in [0.15, 0.2) is 66.9 Å². The molecule has 5 heteroatoms. The summed E-state index contributed by atoms with van der Waals surface area (Å²) in [6, 6.07) is 20.6. The summed E-state index contributed by atoms with van der Waals surface area (Å²) in [5.41, 5.74) is 4.17. The second-order valence-electron chi connectivity index (χ2n) is 8.01. The number of H-pyrrole nitrogens is 1. The van der Waals surface area contributed by atoms with Crippen LogP contribution in [0.5, 0.6) is 11.6 Å². The van der Waals surface area contributed by atoms with Crippen LogP contribution in [-0.4, -0.2) is 23.2 Å². The minimum atomic E-state index is 0.450. The average molecular weight is 413 g/mol. The van der Waals surface area contributed by atoms with Crippen LogP contribution >= 0.6 is 0 Å². The van der Waals surface area contributed by atoms with Crippen molar-refractivity contribution in [2.75, 3.05) is 13.2 Å². The molecule has 1 fully saturated rings. The Morgan fingerprint density at radius 1 is 1.00 bits per heavy atom. The molecule has 4 aromatic rings. The summed E-state index contributed by atoms with van der Waals surface area (Å²) in [6.07, 6.45) is 3.05. The zero-order chi connectivity index (χ0) is 21.2. The molecule has 0 spiro atoms. The van der Waals surface area contributed by atoms with Crippen LogP contribution in [0.4, 0.5) is 0 Å². The number of para-hydroxylation sites is 1. The molecule has 5 nitrogen and oxygen atoms in total. The summed E-state index contributed by atoms with van der Waals surface area (Å²) in [6.45, 7) is 5.19. The highest BCUT2D eigenvalue weighted by Crippen LogP contribution is 2.47. The van der Waals surface area contributed by atoms with Crippen LogP contribution in [0, 0.1) is 12.8 Å². The number of fused-ring (bicyclic) bond motifs is 1. The molecule has 5 rings (SSSR count). The van der Waals surface area contributed by atoms with E-state index in [9.17, 15) is 0 Å². The van der Waals surface area contributed by atoms with Crippen molar-refractivity contribution < 1.29 is 14.5 Å². The maximum Gasteiger partial charge on any atom is 0.339 e. The van der Waals surface area contributed by atoms with Gasteiger partial charge in [-0.2, -0.15) is 0 Å². The molecule has 0 amide bonds. The van der Waals surface area contributed by atoms with E-state index in [0.717, 1.165) is 40.3 Å². The van der Waals surface area contributed by atoms with E-state index in [-0.39, 0.29) is 0 Å². The maximum absolute atomic E-state index is 6.24. The van der Waals surface area contributed by atoms with Crippen molar-refractivity contribution in [1.82, 2.24) is 9.97 Å². The first-order chi connectivity index (χ1) is 15.2. The van der Waals surface area contributed by atoms with Crippen LogP contribution in [0.1, 0.15) is 30.8 Å². The van der Waals surface area contributed by atoms with Crippen LogP contribution < -0.4 is 14.5 Å². The molecule has 1 aliphatic rings. The Morgan fingerprint density at radius 3 is 2.81 bits per heavy atom. The number of aromatic amines is 1. The normalized spacial score (nSPS) is 17.5. The topological polar surface area (TPSA) is 58.4 Å². The van der Waals surface area contributed by atoms with Crippen molar-refractivity contribution >= 4 is 10.9 Å². The molecule has 1 N–H and O–H groups in total. The number of nitrogens with one attached hydrogen (secondary N) is 1. The third-order valence-corrected chi connectivity index (χ3v) is 5.74. The molecule has 0 radical (unpaired) electrons. The van der Waals surface area contributed by atoms with Crippen LogP contribution in [0.2, 0.25) is 0 Å². The predicted molar refractivity (Wildman–Crippen MR) is 120 cm³/mol. The number of hydrogen-bond donors (Lipinski definition) is 0. The van der Waals surface area contributed by atoms with Crippen molar-refractivity contribution in [3.63, 3.8) is 0 Å². The molecule has 0 bridgehead atoms. The van der Waals surface area contributed by atoms with Gasteiger partial charge < -0.3 is 9.47 Å². The van der Waals surface area contributed by atoms with E-state index in [2.05, 4.69) is 40.3 Å². The molecule has 1 saturated carbocycles. The number of rotatable bonds is 7. The zero-order valence-electron chi connectivity index (χ0n) is 17.8. The summed E-state index contributed by atoms with van der Waals surface area (Å²) < 4.78 is 11.9. The first-order valence-electron chi connectivity index (χ1n) is 10.8. The number of aryl methyl sites for hydroxylation is 1. The fourth-order valence-electron chi connectivity index (χ4n) is 3.99. The number of ether oxygens (including phenoxy) is 2. The SMILES string of the molecule is CCOc1cccc(-c2c[nH+]c(C)nc2OC[C@H]2C[C@@H]2c2ccc3ccccc3n2)c1. The van der Waals surface area contributed by atoms with Gasteiger partial charge in [0, 0.05) is 29.8 Å². The molecular formula is C26H26N3O2+. The molecule has 2 heterocycles. The number of hydrogen-bond acceptors (Lipinski definition) is 4. The first kappa shape index (κ1) is 19.5. The summed E-state index contributed by atoms with van der Waals surface area (Å²) in [4.78, 5) is 12.7. The van der Waals surface area contributed by atoms with Crippen LogP contribution in [0.25, 0.3) is 22.0 Å². The Morgan fingerprint density at radius 2 is 1.90 bits per heavy atom. The van der Waals surface area contributed by atoms with Crippen LogP contribution in [-0.2, 0) is 0 Å². The summed E-state index contributed by atoms with van der Waals surface area (Å²) >= 11 is 0. The quantitative estimate of drug-likeness (QED) is 0.429. The molecule has 1 aliphatic carbocycles. The standard InChI is InChI=1S/C26H25N3O2/c1-3-30-21-9-6-8-19(13-21)23-15-27-17(2)28-26(23)31-16-20-14-22(20)25-12-11-18-7-4-5-10-24(18)29-25/h4-13,15,20,22H,3,14,16H2,1-2H3/p+1/t20-,22+/m1/s1. The van der Waals surface area contributed by atoms with Crippen molar-refractivity contribution in [3.05, 3.63) is 78.4 Å². The smallest absolute Gasteiger partial charge is 0.339 e. The summed E-state index contributed by atoms with van der Waals surface area (Å²) in [5, 5.41) is 1.18. The summed E-state index contributed by atoms with van der Waals surface area (Å²) in [5.74, 6) is 3.23. The largest absolute Gasteiger partial charge is 0.494 e. The Labute approximate surface area is 182 Å². The fourth-order valence-corrected chi connectivity index (χ4v) is 3.99. The Balaban J connectivity index is 1.32. The first-order valence-corrected chi connectivity index (χ1v) is 10.8. The lowest BCUT2D eigenvalue weighted by molar-refractivity contribution is -0.392. The summed E-state index contributed by atoms with van der Waals surface area (Å²) in [7, 11) is 0. The molecule has 156 valence electrons. The van der Waals surface area contributed by atoms with Gasteiger partial charge in [0.05, 0.1) is 18.7 Å². The number of aromatic nitrogens is 3. The lowest BCUT2D eigenvalue weighted by Crippen LogP contribution is -2.13. The average Bonchev–Trinajstić information content (AvgIpc) is 3.58. The molecule has 0 unspecified atom stereocenters. The Hall–Kier alpha value is -3.47. The number of pyridine rings is 1. The molecule has 31 heavy (non-hydrogen) atoms. The van der Waals surface area contributed by atoms with E-state index in [1.165, 1.54) is 5.39 Å². The van der Waals surface area contributed by atoms with E-state index in [1.807, 2.05) is 50.4 Å². The second-order valence-corrected chi connectivity index (χ2v) is 8.01. The highest BCUT2D eigenvalue weighted by atomic mass is 16.5. The van der Waals surface area contributed by atoms with Gasteiger partial charge in [0.2, 0.25) is 0 Å². The highest BCUT2D eigenvalue weighted by molar-refractivity contribution is 5.78. The Bertz CT molecular complexity index is 1220. The van der Waals surface area contributed by atoms with Gasteiger partial charge in [-0.1, -0.05) is 36.4 Å². The molecular weight excluding hydrogens is 386 g/mol.